The molecule has 0 spiro atoms. The van der Waals surface area contributed by atoms with Gasteiger partial charge in [-0.05, 0) is 51.2 Å². The molecule has 0 bridgehead atoms. The van der Waals surface area contributed by atoms with Crippen LogP contribution in [0.4, 0.5) is 0 Å². The molecule has 0 aromatic carbocycles. The molecule has 0 saturated heterocycles. The van der Waals surface area contributed by atoms with E-state index in [9.17, 15) is 24.9 Å². The Morgan fingerprint density at radius 1 is 1.07 bits per heavy atom. The highest BCUT2D eigenvalue weighted by Gasteiger charge is 2.37. The number of hydrogen-bond acceptors (Lipinski definition) is 7. The zero-order valence-electron chi connectivity index (χ0n) is 27.6. The normalized spacial score (nSPS) is 33.3. The van der Waals surface area contributed by atoms with Gasteiger partial charge in [0.05, 0.1) is 18.3 Å². The molecule has 10 atom stereocenters. The summed E-state index contributed by atoms with van der Waals surface area (Å²) in [6, 6.07) is 0. The van der Waals surface area contributed by atoms with E-state index in [0.717, 1.165) is 11.1 Å². The average molecular weight is 589 g/mol. The van der Waals surface area contributed by atoms with E-state index in [0.29, 0.717) is 12.0 Å². The van der Waals surface area contributed by atoms with Gasteiger partial charge in [0, 0.05) is 36.4 Å². The van der Waals surface area contributed by atoms with Crippen LogP contribution in [0.15, 0.2) is 59.3 Å². The van der Waals surface area contributed by atoms with E-state index in [1.54, 1.807) is 39.0 Å². The lowest BCUT2D eigenvalue weighted by molar-refractivity contribution is -0.158. The van der Waals surface area contributed by atoms with Crippen LogP contribution < -0.4 is 0 Å². The second kappa shape index (κ2) is 17.7. The van der Waals surface area contributed by atoms with Crippen LogP contribution in [0.5, 0.6) is 0 Å². The van der Waals surface area contributed by atoms with Crippen molar-refractivity contribution in [1.29, 1.82) is 0 Å². The number of ether oxygens (including phenoxy) is 2. The summed E-state index contributed by atoms with van der Waals surface area (Å²) in [6.45, 7) is 18.6. The molecule has 1 aliphatic heterocycles. The van der Waals surface area contributed by atoms with Crippen molar-refractivity contribution >= 4 is 11.8 Å². The third-order valence-corrected chi connectivity index (χ3v) is 8.38. The van der Waals surface area contributed by atoms with Gasteiger partial charge >= 0.3 is 5.97 Å². The summed E-state index contributed by atoms with van der Waals surface area (Å²) in [6.07, 6.45) is 9.22. The lowest BCUT2D eigenvalue weighted by Gasteiger charge is -2.33. The predicted octanol–water partition coefficient (Wildman–Crippen LogP) is 5.76. The lowest BCUT2D eigenvalue weighted by Crippen LogP contribution is -2.45. The molecule has 0 aliphatic carbocycles. The molecule has 7 nitrogen and oxygen atoms in total. The molecule has 1 aliphatic rings. The Morgan fingerprint density at radius 2 is 1.69 bits per heavy atom. The van der Waals surface area contributed by atoms with Crippen molar-refractivity contribution in [3.8, 4) is 0 Å². The molecule has 1 heterocycles. The van der Waals surface area contributed by atoms with Crippen LogP contribution in [0.2, 0.25) is 0 Å². The van der Waals surface area contributed by atoms with E-state index in [1.165, 1.54) is 13.2 Å². The predicted molar refractivity (Wildman–Crippen MR) is 169 cm³/mol. The Bertz CT molecular complexity index is 1030. The number of aliphatic hydroxyl groups is 3. The standard InChI is InChI=1S/C35H56O7/c1-20(2)31(37)23(5)15-16-29(36)27(9)33(39)28(10)34-30(41-11)14-12-13-21(3)17-24(6)32(38)25(7)18-22(4)19-26(8)35(40)42-34/h12-16,18-20,23-25,27-28,30-34,37-39H,17H2,1-11H3/b14-12+,16-15+,21-13+,22-18+,26-19+/t23-,24-,25+,27+,28-,30-,31+,32-,33-,34+/m0/s1. The molecule has 7 heteroatoms. The summed E-state index contributed by atoms with van der Waals surface area (Å²) in [5.41, 5.74) is 2.28. The van der Waals surface area contributed by atoms with E-state index in [2.05, 4.69) is 0 Å². The molecule has 0 aromatic rings. The van der Waals surface area contributed by atoms with Crippen molar-refractivity contribution in [2.24, 2.45) is 35.5 Å². The number of methoxy groups -OCH3 is 1. The third kappa shape index (κ3) is 11.4. The number of allylic oxidation sites excluding steroid dienone is 6. The van der Waals surface area contributed by atoms with Crippen molar-refractivity contribution in [1.82, 2.24) is 0 Å². The van der Waals surface area contributed by atoms with Gasteiger partial charge in [-0.2, -0.15) is 0 Å². The molecule has 3 N–H and O–H groups in total. The molecule has 0 aromatic heterocycles. The van der Waals surface area contributed by atoms with Crippen LogP contribution >= 0.6 is 0 Å². The Labute approximate surface area is 254 Å². The Morgan fingerprint density at radius 3 is 2.26 bits per heavy atom. The van der Waals surface area contributed by atoms with Crippen LogP contribution in [0.25, 0.3) is 0 Å². The van der Waals surface area contributed by atoms with E-state index >= 15 is 0 Å². The SMILES string of the molecule is CO[C@H]1/C=C/C=C(\C)C[C@H](C)[C@H](O)[C@H](C)/C=C(C)/C=C(\C)C(=O)O[C@@H]1[C@@H](C)[C@@H](O)[C@H](C)C(=O)/C=C/[C@H](C)[C@H](O)C(C)C. The Kier molecular flexibility index (Phi) is 15.9. The molecule has 42 heavy (non-hydrogen) atoms. The summed E-state index contributed by atoms with van der Waals surface area (Å²) in [7, 11) is 1.51. The average Bonchev–Trinajstić information content (AvgIpc) is 2.93. The van der Waals surface area contributed by atoms with Crippen LogP contribution in [0, 0.1) is 35.5 Å². The van der Waals surface area contributed by atoms with E-state index in [1.807, 2.05) is 66.7 Å². The molecule has 0 unspecified atom stereocenters. The number of rotatable bonds is 9. The molecule has 0 amide bonds. The zero-order chi connectivity index (χ0) is 32.3. The molecule has 238 valence electrons. The summed E-state index contributed by atoms with van der Waals surface area (Å²) >= 11 is 0. The largest absolute Gasteiger partial charge is 0.456 e. The number of hydrogen-bond donors (Lipinski definition) is 3. The second-order valence-corrected chi connectivity index (χ2v) is 12.7. The first-order valence-electron chi connectivity index (χ1n) is 15.2. The topological polar surface area (TPSA) is 113 Å². The van der Waals surface area contributed by atoms with Crippen LogP contribution in [-0.4, -0.2) is 64.7 Å². The number of cyclic esters (lactones) is 1. The van der Waals surface area contributed by atoms with Crippen molar-refractivity contribution in [3.05, 3.63) is 59.3 Å². The van der Waals surface area contributed by atoms with Crippen molar-refractivity contribution in [3.63, 3.8) is 0 Å². The smallest absolute Gasteiger partial charge is 0.334 e. The Balaban J connectivity index is 3.40. The summed E-state index contributed by atoms with van der Waals surface area (Å²) < 4.78 is 11.7. The summed E-state index contributed by atoms with van der Waals surface area (Å²) in [5, 5.41) is 32.4. The van der Waals surface area contributed by atoms with Gasteiger partial charge in [0.2, 0.25) is 0 Å². The fourth-order valence-electron chi connectivity index (χ4n) is 5.46. The van der Waals surface area contributed by atoms with Gasteiger partial charge in [-0.25, -0.2) is 4.79 Å². The molecule has 0 radical (unpaired) electrons. The molecular formula is C35H56O7. The van der Waals surface area contributed by atoms with Gasteiger partial charge in [-0.1, -0.05) is 90.0 Å². The van der Waals surface area contributed by atoms with Gasteiger partial charge < -0.3 is 24.8 Å². The fraction of sp³-hybridized carbons (Fsp3) is 0.657. The van der Waals surface area contributed by atoms with Crippen molar-refractivity contribution in [2.75, 3.05) is 7.11 Å². The van der Waals surface area contributed by atoms with Crippen LogP contribution in [0.1, 0.15) is 75.7 Å². The maximum Gasteiger partial charge on any atom is 0.334 e. The van der Waals surface area contributed by atoms with E-state index < -0.39 is 48.3 Å². The summed E-state index contributed by atoms with van der Waals surface area (Å²) in [5.74, 6) is -2.51. The lowest BCUT2D eigenvalue weighted by atomic mass is 9.84. The molecule has 0 saturated carbocycles. The first-order valence-corrected chi connectivity index (χ1v) is 15.2. The van der Waals surface area contributed by atoms with Crippen molar-refractivity contribution < 1.29 is 34.4 Å². The Hall–Kier alpha value is -2.32. The second-order valence-electron chi connectivity index (χ2n) is 12.7. The van der Waals surface area contributed by atoms with E-state index in [4.69, 9.17) is 9.47 Å². The first kappa shape index (κ1) is 37.7. The number of aliphatic hydroxyl groups excluding tert-OH is 3. The van der Waals surface area contributed by atoms with Crippen LogP contribution in [-0.2, 0) is 19.1 Å². The van der Waals surface area contributed by atoms with Gasteiger partial charge in [0.15, 0.2) is 5.78 Å². The van der Waals surface area contributed by atoms with Crippen molar-refractivity contribution in [2.45, 2.75) is 106 Å². The molecule has 1 rings (SSSR count). The minimum atomic E-state index is -1.13. The van der Waals surface area contributed by atoms with Gasteiger partial charge in [-0.3, -0.25) is 4.79 Å². The highest BCUT2D eigenvalue weighted by Crippen LogP contribution is 2.27. The first-order chi connectivity index (χ1) is 19.5. The zero-order valence-corrected chi connectivity index (χ0v) is 27.6. The number of carbonyl (C=O) groups is 2. The summed E-state index contributed by atoms with van der Waals surface area (Å²) in [4.78, 5) is 26.3. The monoisotopic (exact) mass is 588 g/mol. The van der Waals surface area contributed by atoms with E-state index in [-0.39, 0.29) is 29.5 Å². The minimum absolute atomic E-state index is 0.0301. The quantitative estimate of drug-likeness (QED) is 0.232. The maximum absolute atomic E-state index is 13.3. The fourth-order valence-corrected chi connectivity index (χ4v) is 5.46. The molecule has 0 fully saturated rings. The minimum Gasteiger partial charge on any atom is -0.456 e. The van der Waals surface area contributed by atoms with Gasteiger partial charge in [-0.15, -0.1) is 0 Å². The number of ketones is 1. The highest BCUT2D eigenvalue weighted by molar-refractivity contribution is 5.92. The van der Waals surface area contributed by atoms with Crippen LogP contribution in [0.3, 0.4) is 0 Å². The van der Waals surface area contributed by atoms with Gasteiger partial charge in [0.1, 0.15) is 12.2 Å². The number of esters is 1. The number of carbonyl (C=O) groups excluding carboxylic acids is 2. The van der Waals surface area contributed by atoms with Gasteiger partial charge in [0.25, 0.3) is 0 Å². The molecular weight excluding hydrogens is 532 g/mol. The maximum atomic E-state index is 13.3. The highest BCUT2D eigenvalue weighted by atomic mass is 16.6. The third-order valence-electron chi connectivity index (χ3n) is 8.38.